The molecule has 6 heteroatoms. The molecular weight excluding hydrogens is 560 g/mol. The van der Waals surface area contributed by atoms with E-state index < -0.39 is 0 Å². The number of carbonyl (C=O) groups excluding carboxylic acids is 2. The Kier molecular flexibility index (Phi) is 9.14. The summed E-state index contributed by atoms with van der Waals surface area (Å²) in [7, 11) is 2.91. The summed E-state index contributed by atoms with van der Waals surface area (Å²) in [5, 5.41) is 1.72. The quantitative estimate of drug-likeness (QED) is 0.140. The lowest BCUT2D eigenvalue weighted by atomic mass is 9.83. The summed E-state index contributed by atoms with van der Waals surface area (Å²) in [6.07, 6.45) is 8.27. The molecule has 0 bridgehead atoms. The van der Waals surface area contributed by atoms with E-state index in [4.69, 9.17) is 9.47 Å². The summed E-state index contributed by atoms with van der Waals surface area (Å²) in [5.74, 6) is -0.725. The van der Waals surface area contributed by atoms with Crippen molar-refractivity contribution in [3.05, 3.63) is 117 Å². The Morgan fingerprint density at radius 2 is 1.11 bits per heavy atom. The van der Waals surface area contributed by atoms with E-state index in [1.54, 1.807) is 0 Å². The number of aromatic amines is 2. The van der Waals surface area contributed by atoms with Crippen LogP contribution in [0, 0.1) is 0 Å². The monoisotopic (exact) mass is 602 g/mol. The third kappa shape index (κ3) is 5.97. The number of hydrogen-bond donors (Lipinski definition) is 2. The van der Waals surface area contributed by atoms with Crippen molar-refractivity contribution in [1.82, 2.24) is 9.97 Å². The fraction of sp³-hybridized carbons (Fsp3) is 0.282. The lowest BCUT2D eigenvalue weighted by Crippen LogP contribution is -2.25. The average molecular weight is 603 g/mol. The Hall–Kier alpha value is -4.84. The van der Waals surface area contributed by atoms with Gasteiger partial charge in [0.15, 0.2) is 11.5 Å². The molecule has 1 aliphatic carbocycles. The molecule has 2 N–H and O–H groups in total. The van der Waals surface area contributed by atoms with Crippen LogP contribution < -0.4 is 0 Å². The van der Waals surface area contributed by atoms with E-state index >= 15 is 0 Å². The summed E-state index contributed by atoms with van der Waals surface area (Å²) in [6, 6.07) is 13.9. The number of carbonyl (C=O) groups is 2. The van der Waals surface area contributed by atoms with Crippen LogP contribution in [0.5, 0.6) is 0 Å². The van der Waals surface area contributed by atoms with Crippen LogP contribution >= 0.6 is 0 Å². The van der Waals surface area contributed by atoms with Crippen LogP contribution in [0.3, 0.4) is 0 Å². The molecule has 2 aromatic carbocycles. The predicted molar refractivity (Wildman–Crippen MR) is 184 cm³/mol. The number of nitrogens with one attached hydrogen (secondary N) is 2. The fourth-order valence-electron chi connectivity index (χ4n) is 6.01. The first kappa shape index (κ1) is 31.6. The molecule has 0 fully saturated rings. The number of methoxy groups -OCH3 is 2. The fourth-order valence-corrected chi connectivity index (χ4v) is 6.01. The summed E-state index contributed by atoms with van der Waals surface area (Å²) < 4.78 is 11.7. The van der Waals surface area contributed by atoms with Crippen molar-refractivity contribution in [3.8, 4) is 0 Å². The smallest absolute Gasteiger partial charge is 0.232 e. The maximum atomic E-state index is 14.7. The first-order valence-electron chi connectivity index (χ1n) is 15.4. The summed E-state index contributed by atoms with van der Waals surface area (Å²) in [6.45, 7) is 12.3. The zero-order valence-electron chi connectivity index (χ0n) is 27.5. The molecule has 232 valence electrons. The molecule has 2 aromatic heterocycles. The normalized spacial score (nSPS) is 13.5. The van der Waals surface area contributed by atoms with Crippen molar-refractivity contribution in [2.45, 2.75) is 60.8 Å². The number of para-hydroxylation sites is 2. The van der Waals surface area contributed by atoms with Crippen molar-refractivity contribution in [1.29, 1.82) is 0 Å². The van der Waals surface area contributed by atoms with Gasteiger partial charge >= 0.3 is 0 Å². The zero-order valence-corrected chi connectivity index (χ0v) is 27.5. The van der Waals surface area contributed by atoms with Crippen molar-refractivity contribution >= 4 is 44.5 Å². The van der Waals surface area contributed by atoms with Crippen LogP contribution in [0.15, 0.2) is 88.9 Å². The minimum atomic E-state index is -0.379. The molecule has 0 saturated carbocycles. The third-order valence-electron chi connectivity index (χ3n) is 8.17. The minimum Gasteiger partial charge on any atom is -0.492 e. The molecule has 0 atom stereocenters. The van der Waals surface area contributed by atoms with Gasteiger partial charge in [-0.05, 0) is 59.6 Å². The first-order valence-corrected chi connectivity index (χ1v) is 15.4. The van der Waals surface area contributed by atoms with E-state index in [1.165, 1.54) is 19.8 Å². The van der Waals surface area contributed by atoms with Gasteiger partial charge in [0.05, 0.1) is 25.4 Å². The van der Waals surface area contributed by atoms with E-state index in [1.807, 2.05) is 64.1 Å². The lowest BCUT2D eigenvalue weighted by Gasteiger charge is -2.23. The number of benzene rings is 2. The van der Waals surface area contributed by atoms with Crippen LogP contribution in [-0.2, 0) is 38.3 Å². The van der Waals surface area contributed by atoms with Gasteiger partial charge in [-0.1, -0.05) is 71.3 Å². The van der Waals surface area contributed by atoms with Gasteiger partial charge in [-0.25, -0.2) is 0 Å². The van der Waals surface area contributed by atoms with E-state index in [0.29, 0.717) is 24.0 Å². The maximum Gasteiger partial charge on any atom is 0.232 e. The molecule has 0 saturated heterocycles. The number of fused-ring (bicyclic) bond motifs is 2. The highest BCUT2D eigenvalue weighted by atomic mass is 16.5. The second-order valence-electron chi connectivity index (χ2n) is 12.3. The van der Waals surface area contributed by atoms with E-state index in [2.05, 4.69) is 48.1 Å². The number of hydrogen-bond acceptors (Lipinski definition) is 4. The van der Waals surface area contributed by atoms with Gasteiger partial charge in [-0.3, -0.25) is 9.59 Å². The van der Waals surface area contributed by atoms with Crippen LogP contribution in [0.25, 0.3) is 33.0 Å². The van der Waals surface area contributed by atoms with Gasteiger partial charge < -0.3 is 19.4 Å². The molecule has 0 aliphatic heterocycles. The lowest BCUT2D eigenvalue weighted by molar-refractivity contribution is -0.117. The SMILES string of the molecule is COC1=C(c2c(CC=C(C)C)[nH]c3ccccc23)C(=O)C(OC)=C(c2c(CC=C(C)C)[nH]c3c(CC=C(C)C)cccc23)C1=O. The van der Waals surface area contributed by atoms with E-state index in [0.717, 1.165) is 56.3 Å². The molecule has 2 heterocycles. The maximum absolute atomic E-state index is 14.7. The van der Waals surface area contributed by atoms with Crippen LogP contribution in [0.4, 0.5) is 0 Å². The molecule has 0 radical (unpaired) electrons. The largest absolute Gasteiger partial charge is 0.492 e. The van der Waals surface area contributed by atoms with Gasteiger partial charge in [-0.15, -0.1) is 0 Å². The molecule has 0 amide bonds. The standard InChI is InChI=1S/C39H42N2O4/c1-22(2)16-19-25-12-11-14-27-32(30(41-35(25)27)21-18-24(5)6)34-37(43)38(44-7)33(36(42)39(34)45-8)31-26-13-9-10-15-28(26)40-29(31)20-17-23(3)4/h9-18,40-41H,19-21H2,1-8H3. The highest BCUT2D eigenvalue weighted by Gasteiger charge is 2.41. The topological polar surface area (TPSA) is 84.2 Å². The minimum absolute atomic E-state index is 0.0159. The highest BCUT2D eigenvalue weighted by molar-refractivity contribution is 6.48. The number of ketones is 2. The van der Waals surface area contributed by atoms with Gasteiger partial charge in [0.1, 0.15) is 0 Å². The number of ether oxygens (including phenoxy) is 2. The Morgan fingerprint density at radius 3 is 1.67 bits per heavy atom. The predicted octanol–water partition coefficient (Wildman–Crippen LogP) is 8.74. The number of rotatable bonds is 10. The van der Waals surface area contributed by atoms with Gasteiger partial charge in [0, 0.05) is 57.2 Å². The third-order valence-corrected chi connectivity index (χ3v) is 8.17. The van der Waals surface area contributed by atoms with E-state index in [-0.39, 0.29) is 34.2 Å². The van der Waals surface area contributed by atoms with Crippen molar-refractivity contribution in [2.75, 3.05) is 14.2 Å². The highest BCUT2D eigenvalue weighted by Crippen LogP contribution is 2.43. The van der Waals surface area contributed by atoms with E-state index in [9.17, 15) is 9.59 Å². The molecule has 4 aromatic rings. The molecule has 6 nitrogen and oxygen atoms in total. The second kappa shape index (κ2) is 13.0. The van der Waals surface area contributed by atoms with Crippen molar-refractivity contribution in [2.24, 2.45) is 0 Å². The number of H-pyrrole nitrogens is 2. The Balaban J connectivity index is 1.79. The molecular formula is C39H42N2O4. The summed E-state index contributed by atoms with van der Waals surface area (Å²) in [4.78, 5) is 36.4. The van der Waals surface area contributed by atoms with Gasteiger partial charge in [-0.2, -0.15) is 0 Å². The number of Topliss-reactive ketones (excluding diaryl/α,β-unsaturated/α-hetero) is 2. The van der Waals surface area contributed by atoms with Crippen molar-refractivity contribution < 1.29 is 19.1 Å². The van der Waals surface area contributed by atoms with Crippen LogP contribution in [-0.4, -0.2) is 35.8 Å². The van der Waals surface area contributed by atoms with Gasteiger partial charge in [0.25, 0.3) is 0 Å². The van der Waals surface area contributed by atoms with Crippen LogP contribution in [0.2, 0.25) is 0 Å². The molecule has 1 aliphatic rings. The van der Waals surface area contributed by atoms with Crippen molar-refractivity contribution in [3.63, 3.8) is 0 Å². The number of aromatic nitrogens is 2. The zero-order chi connectivity index (χ0) is 32.4. The Morgan fingerprint density at radius 1 is 0.622 bits per heavy atom. The number of allylic oxidation sites excluding steroid dienone is 8. The Labute approximate surface area is 265 Å². The summed E-state index contributed by atoms with van der Waals surface area (Å²) >= 11 is 0. The molecule has 0 spiro atoms. The molecule has 5 rings (SSSR count). The first-order chi connectivity index (χ1) is 21.6. The van der Waals surface area contributed by atoms with Crippen LogP contribution in [0.1, 0.15) is 69.6 Å². The second-order valence-corrected chi connectivity index (χ2v) is 12.3. The Bertz CT molecular complexity index is 1980. The van der Waals surface area contributed by atoms with Gasteiger partial charge in [0.2, 0.25) is 11.6 Å². The molecule has 45 heavy (non-hydrogen) atoms. The average Bonchev–Trinajstić information content (AvgIpc) is 3.56. The molecule has 0 unspecified atom stereocenters. The summed E-state index contributed by atoms with van der Waals surface area (Å²) in [5.41, 5.74) is 9.92.